The zero-order chi connectivity index (χ0) is 14.8. The molecule has 1 aliphatic rings. The second kappa shape index (κ2) is 9.03. The van der Waals surface area contributed by atoms with E-state index in [0.717, 1.165) is 30.6 Å². The lowest BCUT2D eigenvalue weighted by atomic mass is 10.1. The van der Waals surface area contributed by atoms with Crippen molar-refractivity contribution in [1.82, 2.24) is 0 Å². The predicted octanol–water partition coefficient (Wildman–Crippen LogP) is 3.51. The van der Waals surface area contributed by atoms with Crippen molar-refractivity contribution in [3.05, 3.63) is 48.0 Å². The Morgan fingerprint density at radius 1 is 1.24 bits per heavy atom. The summed E-state index contributed by atoms with van der Waals surface area (Å²) in [6.45, 7) is 5.02. The Hall–Kier alpha value is -2.00. The van der Waals surface area contributed by atoms with Gasteiger partial charge >= 0.3 is 0 Å². The molecule has 1 aromatic rings. The fraction of sp³-hybridized carbons (Fsp3) is 0.368. The minimum atomic E-state index is -0.0358. The smallest absolute Gasteiger partial charge is 0.157 e. The molecule has 0 radical (unpaired) electrons. The average Bonchev–Trinajstić information content (AvgIpc) is 2.54. The molecule has 108 valence electrons. The first-order valence-electron chi connectivity index (χ1n) is 7.33. The van der Waals surface area contributed by atoms with E-state index in [1.807, 2.05) is 24.3 Å². The van der Waals surface area contributed by atoms with E-state index >= 15 is 0 Å². The molecule has 1 unspecified atom stereocenters. The molecule has 2 rings (SSSR count). The molecular weight excluding hydrogens is 260 g/mol. The summed E-state index contributed by atoms with van der Waals surface area (Å²) in [4.78, 5) is 0. The summed E-state index contributed by atoms with van der Waals surface area (Å²) in [7, 11) is 0. The maximum absolute atomic E-state index is 5.65. The molecule has 0 saturated carbocycles. The van der Waals surface area contributed by atoms with Crippen LogP contribution in [0.25, 0.3) is 0 Å². The van der Waals surface area contributed by atoms with E-state index in [1.54, 1.807) is 6.08 Å². The lowest BCUT2D eigenvalue weighted by Crippen LogP contribution is -2.22. The van der Waals surface area contributed by atoms with Crippen LogP contribution in [0.3, 0.4) is 0 Å². The van der Waals surface area contributed by atoms with Crippen LogP contribution in [0.2, 0.25) is 0 Å². The average molecular weight is 280 g/mol. The number of rotatable bonds is 3. The summed E-state index contributed by atoms with van der Waals surface area (Å²) in [5.41, 5.74) is 1.88. The molecule has 2 heteroatoms. The van der Waals surface area contributed by atoms with Crippen LogP contribution in [-0.2, 0) is 9.47 Å². The highest BCUT2D eigenvalue weighted by molar-refractivity contribution is 5.50. The number of hydrogen-bond acceptors (Lipinski definition) is 2. The van der Waals surface area contributed by atoms with Crippen molar-refractivity contribution in [1.29, 1.82) is 0 Å². The van der Waals surface area contributed by atoms with Gasteiger partial charge < -0.3 is 9.47 Å². The van der Waals surface area contributed by atoms with Crippen LogP contribution in [0.4, 0.5) is 0 Å². The molecule has 1 aliphatic heterocycles. The number of benzene rings is 1. The Kier molecular flexibility index (Phi) is 6.62. The summed E-state index contributed by atoms with van der Waals surface area (Å²) >= 11 is 0. The highest BCUT2D eigenvalue weighted by Gasteiger charge is 2.12. The second-order valence-corrected chi connectivity index (χ2v) is 4.74. The van der Waals surface area contributed by atoms with E-state index in [2.05, 4.69) is 30.3 Å². The third-order valence-corrected chi connectivity index (χ3v) is 3.13. The number of allylic oxidation sites excluding steroid dienone is 1. The van der Waals surface area contributed by atoms with Gasteiger partial charge in [0.15, 0.2) is 6.29 Å². The van der Waals surface area contributed by atoms with Crippen LogP contribution in [0, 0.1) is 23.7 Å². The van der Waals surface area contributed by atoms with Gasteiger partial charge in [-0.25, -0.2) is 0 Å². The second-order valence-electron chi connectivity index (χ2n) is 4.74. The molecule has 0 amide bonds. The molecular formula is C19H20O2. The standard InChI is InChI=1S/C19H20O2/c1-2-3-10-17-11-4-5-12-18(17)13-6-8-15-20-19-14-7-9-16-21-19/h2,4-5,11-12,19H,1,7-9,14-16H2. The van der Waals surface area contributed by atoms with Crippen LogP contribution in [0.5, 0.6) is 0 Å². The van der Waals surface area contributed by atoms with Crippen LogP contribution in [0.1, 0.15) is 36.8 Å². The molecule has 1 aromatic carbocycles. The van der Waals surface area contributed by atoms with Crippen molar-refractivity contribution in [2.24, 2.45) is 0 Å². The molecule has 0 spiro atoms. The molecule has 21 heavy (non-hydrogen) atoms. The Morgan fingerprint density at radius 2 is 2.05 bits per heavy atom. The lowest BCUT2D eigenvalue weighted by molar-refractivity contribution is -0.161. The van der Waals surface area contributed by atoms with E-state index in [0.29, 0.717) is 13.0 Å². The number of hydrogen-bond donors (Lipinski definition) is 0. The highest BCUT2D eigenvalue weighted by Crippen LogP contribution is 2.13. The third-order valence-electron chi connectivity index (χ3n) is 3.13. The van der Waals surface area contributed by atoms with Crippen molar-refractivity contribution in [2.45, 2.75) is 32.0 Å². The molecule has 0 aromatic heterocycles. The van der Waals surface area contributed by atoms with Crippen molar-refractivity contribution >= 4 is 0 Å². The normalized spacial score (nSPS) is 17.0. The monoisotopic (exact) mass is 280 g/mol. The maximum atomic E-state index is 5.65. The predicted molar refractivity (Wildman–Crippen MR) is 84.6 cm³/mol. The molecule has 1 fully saturated rings. The number of ether oxygens (including phenoxy) is 2. The van der Waals surface area contributed by atoms with E-state index in [1.165, 1.54) is 6.42 Å². The molecule has 1 saturated heterocycles. The Bertz CT molecular complexity index is 575. The van der Waals surface area contributed by atoms with Gasteiger partial charge in [0.2, 0.25) is 0 Å². The Labute approximate surface area is 127 Å². The van der Waals surface area contributed by atoms with Crippen LogP contribution < -0.4 is 0 Å². The van der Waals surface area contributed by atoms with Gasteiger partial charge in [0.25, 0.3) is 0 Å². The lowest BCUT2D eigenvalue weighted by Gasteiger charge is -2.22. The van der Waals surface area contributed by atoms with Gasteiger partial charge in [-0.15, -0.1) is 0 Å². The molecule has 1 heterocycles. The van der Waals surface area contributed by atoms with Gasteiger partial charge in [-0.05, 0) is 37.5 Å². The Balaban J connectivity index is 1.83. The molecule has 1 atom stereocenters. The van der Waals surface area contributed by atoms with E-state index < -0.39 is 0 Å². The fourth-order valence-corrected chi connectivity index (χ4v) is 2.07. The first-order chi connectivity index (χ1) is 10.4. The summed E-state index contributed by atoms with van der Waals surface area (Å²) in [5.74, 6) is 12.2. The first kappa shape index (κ1) is 15.4. The maximum Gasteiger partial charge on any atom is 0.157 e. The molecule has 0 bridgehead atoms. The fourth-order valence-electron chi connectivity index (χ4n) is 2.07. The largest absolute Gasteiger partial charge is 0.353 e. The van der Waals surface area contributed by atoms with Crippen molar-refractivity contribution in [3.63, 3.8) is 0 Å². The summed E-state index contributed by atoms with van der Waals surface area (Å²) in [6, 6.07) is 7.87. The van der Waals surface area contributed by atoms with E-state index in [4.69, 9.17) is 9.47 Å². The summed E-state index contributed by atoms with van der Waals surface area (Å²) in [6.07, 6.45) is 5.57. The van der Waals surface area contributed by atoms with Crippen LogP contribution >= 0.6 is 0 Å². The van der Waals surface area contributed by atoms with Crippen molar-refractivity contribution < 1.29 is 9.47 Å². The molecule has 0 aliphatic carbocycles. The van der Waals surface area contributed by atoms with Gasteiger partial charge in [0.1, 0.15) is 0 Å². The highest BCUT2D eigenvalue weighted by atomic mass is 16.7. The molecule has 0 N–H and O–H groups in total. The minimum Gasteiger partial charge on any atom is -0.353 e. The quantitative estimate of drug-likeness (QED) is 0.623. The van der Waals surface area contributed by atoms with Gasteiger partial charge in [0, 0.05) is 24.2 Å². The van der Waals surface area contributed by atoms with E-state index in [9.17, 15) is 0 Å². The van der Waals surface area contributed by atoms with Gasteiger partial charge in [0.05, 0.1) is 6.61 Å². The SMILES string of the molecule is C=CC#Cc1ccccc1C#CCCOC1CCCCO1. The van der Waals surface area contributed by atoms with Crippen LogP contribution in [-0.4, -0.2) is 19.5 Å². The summed E-state index contributed by atoms with van der Waals surface area (Å²) in [5, 5.41) is 0. The van der Waals surface area contributed by atoms with E-state index in [-0.39, 0.29) is 6.29 Å². The van der Waals surface area contributed by atoms with Gasteiger partial charge in [-0.1, -0.05) is 42.4 Å². The van der Waals surface area contributed by atoms with Crippen LogP contribution in [0.15, 0.2) is 36.9 Å². The Morgan fingerprint density at radius 3 is 2.76 bits per heavy atom. The van der Waals surface area contributed by atoms with Gasteiger partial charge in [-0.2, -0.15) is 0 Å². The van der Waals surface area contributed by atoms with Gasteiger partial charge in [-0.3, -0.25) is 0 Å². The minimum absolute atomic E-state index is 0.0358. The topological polar surface area (TPSA) is 18.5 Å². The van der Waals surface area contributed by atoms with Crippen molar-refractivity contribution in [2.75, 3.05) is 13.2 Å². The third kappa shape index (κ3) is 5.48. The molecule has 2 nitrogen and oxygen atoms in total. The van der Waals surface area contributed by atoms with Crippen molar-refractivity contribution in [3.8, 4) is 23.7 Å². The summed E-state index contributed by atoms with van der Waals surface area (Å²) < 4.78 is 11.2. The first-order valence-corrected chi connectivity index (χ1v) is 7.33. The zero-order valence-corrected chi connectivity index (χ0v) is 12.2. The zero-order valence-electron chi connectivity index (χ0n) is 12.2.